The normalized spacial score (nSPS) is 15.6. The lowest BCUT2D eigenvalue weighted by atomic mass is 10.0. The largest absolute Gasteiger partial charge is 0.494 e. The molecule has 0 unspecified atom stereocenters. The molecule has 2 aliphatic rings. The lowest BCUT2D eigenvalue weighted by molar-refractivity contribution is -0.120. The summed E-state index contributed by atoms with van der Waals surface area (Å²) >= 11 is 0. The van der Waals surface area contributed by atoms with Crippen LogP contribution >= 0.6 is 0 Å². The van der Waals surface area contributed by atoms with Crippen molar-refractivity contribution in [1.82, 2.24) is 0 Å². The molecule has 0 saturated heterocycles. The topological polar surface area (TPSA) is 58.6 Å². The first-order valence-electron chi connectivity index (χ1n) is 10.1. The molecule has 1 aliphatic heterocycles. The van der Waals surface area contributed by atoms with E-state index < -0.39 is 0 Å². The van der Waals surface area contributed by atoms with E-state index in [1.54, 1.807) is 0 Å². The Morgan fingerprint density at radius 2 is 1.93 bits per heavy atom. The lowest BCUT2D eigenvalue weighted by Gasteiger charge is -2.30. The van der Waals surface area contributed by atoms with Crippen molar-refractivity contribution < 1.29 is 14.3 Å². The molecule has 5 heteroatoms. The number of hydrogen-bond acceptors (Lipinski definition) is 3. The fourth-order valence-corrected chi connectivity index (χ4v) is 3.59. The van der Waals surface area contributed by atoms with Crippen LogP contribution in [0, 0.1) is 5.92 Å². The zero-order valence-electron chi connectivity index (χ0n) is 16.0. The third-order valence-corrected chi connectivity index (χ3v) is 5.24. The van der Waals surface area contributed by atoms with Crippen molar-refractivity contribution in [2.45, 2.75) is 38.5 Å². The van der Waals surface area contributed by atoms with E-state index in [0.717, 1.165) is 49.4 Å². The first-order chi connectivity index (χ1) is 13.7. The summed E-state index contributed by atoms with van der Waals surface area (Å²) in [7, 11) is 0. The van der Waals surface area contributed by atoms with Gasteiger partial charge < -0.3 is 15.0 Å². The molecule has 2 aromatic rings. The number of para-hydroxylation sites is 1. The van der Waals surface area contributed by atoms with Gasteiger partial charge in [0, 0.05) is 30.3 Å². The van der Waals surface area contributed by atoms with Crippen molar-refractivity contribution in [1.29, 1.82) is 0 Å². The molecule has 28 heavy (non-hydrogen) atoms. The van der Waals surface area contributed by atoms with Gasteiger partial charge in [0.1, 0.15) is 5.75 Å². The maximum Gasteiger partial charge on any atom is 0.230 e. The van der Waals surface area contributed by atoms with E-state index in [4.69, 9.17) is 4.74 Å². The Kier molecular flexibility index (Phi) is 5.60. The van der Waals surface area contributed by atoms with E-state index >= 15 is 0 Å². The van der Waals surface area contributed by atoms with Crippen molar-refractivity contribution >= 4 is 23.2 Å². The number of nitrogens with zero attached hydrogens (tertiary/aromatic N) is 1. The summed E-state index contributed by atoms with van der Waals surface area (Å²) < 4.78 is 5.63. The molecule has 0 atom stereocenters. The van der Waals surface area contributed by atoms with E-state index in [9.17, 15) is 9.59 Å². The van der Waals surface area contributed by atoms with Gasteiger partial charge in [0.05, 0.1) is 6.61 Å². The zero-order valence-corrected chi connectivity index (χ0v) is 16.0. The summed E-state index contributed by atoms with van der Waals surface area (Å²) in [6, 6.07) is 15.5. The molecular formula is C23H26N2O3. The number of aryl methyl sites for hydroxylation is 1. The Bertz CT molecular complexity index is 846. The Morgan fingerprint density at radius 1 is 1.11 bits per heavy atom. The van der Waals surface area contributed by atoms with Gasteiger partial charge in [0.15, 0.2) is 0 Å². The van der Waals surface area contributed by atoms with Gasteiger partial charge in [-0.3, -0.25) is 9.59 Å². The van der Waals surface area contributed by atoms with Crippen molar-refractivity contribution in [3.63, 3.8) is 0 Å². The van der Waals surface area contributed by atoms with Crippen LogP contribution in [0.15, 0.2) is 48.5 Å². The average Bonchev–Trinajstić information content (AvgIpc) is 3.56. The number of ether oxygens (including phenoxy) is 1. The molecule has 5 nitrogen and oxygen atoms in total. The number of amides is 2. The molecular weight excluding hydrogens is 352 g/mol. The highest BCUT2D eigenvalue weighted by Crippen LogP contribution is 2.36. The molecule has 146 valence electrons. The van der Waals surface area contributed by atoms with Gasteiger partial charge in [-0.25, -0.2) is 0 Å². The molecule has 2 aromatic carbocycles. The minimum Gasteiger partial charge on any atom is -0.494 e. The first-order valence-corrected chi connectivity index (χ1v) is 10.1. The molecule has 0 radical (unpaired) electrons. The SMILES string of the molecule is O=C(CCCOc1ccccc1)Nc1ccc2c(c1)N(C(=O)C1CC1)CCC2. The second kappa shape index (κ2) is 8.46. The molecule has 2 amide bonds. The van der Waals surface area contributed by atoms with Gasteiger partial charge in [-0.1, -0.05) is 24.3 Å². The van der Waals surface area contributed by atoms with Crippen LogP contribution in [0.4, 0.5) is 11.4 Å². The summed E-state index contributed by atoms with van der Waals surface area (Å²) in [6.45, 7) is 1.28. The number of nitrogens with one attached hydrogen (secondary N) is 1. The average molecular weight is 378 g/mol. The summed E-state index contributed by atoms with van der Waals surface area (Å²) in [5.74, 6) is 1.22. The smallest absolute Gasteiger partial charge is 0.230 e. The van der Waals surface area contributed by atoms with Crippen LogP contribution in [0.3, 0.4) is 0 Å². The number of benzene rings is 2. The van der Waals surface area contributed by atoms with Crippen molar-refractivity contribution in [3.05, 3.63) is 54.1 Å². The Hall–Kier alpha value is -2.82. The van der Waals surface area contributed by atoms with Crippen LogP contribution in [0.2, 0.25) is 0 Å². The van der Waals surface area contributed by atoms with E-state index in [-0.39, 0.29) is 17.7 Å². The number of fused-ring (bicyclic) bond motifs is 1. The van der Waals surface area contributed by atoms with E-state index in [2.05, 4.69) is 5.32 Å². The zero-order chi connectivity index (χ0) is 19.3. The first kappa shape index (κ1) is 18.5. The van der Waals surface area contributed by atoms with E-state index in [1.807, 2.05) is 53.4 Å². The van der Waals surface area contributed by atoms with Gasteiger partial charge in [-0.05, 0) is 61.9 Å². The highest BCUT2D eigenvalue weighted by Gasteiger charge is 2.35. The predicted molar refractivity (Wildman–Crippen MR) is 110 cm³/mol. The van der Waals surface area contributed by atoms with Gasteiger partial charge in [0.2, 0.25) is 11.8 Å². The van der Waals surface area contributed by atoms with Crippen molar-refractivity contribution in [2.75, 3.05) is 23.4 Å². The van der Waals surface area contributed by atoms with Gasteiger partial charge in [0.25, 0.3) is 0 Å². The van der Waals surface area contributed by atoms with E-state index in [0.29, 0.717) is 19.4 Å². The summed E-state index contributed by atoms with van der Waals surface area (Å²) in [5, 5.41) is 2.96. The Balaban J connectivity index is 1.31. The highest BCUT2D eigenvalue weighted by molar-refractivity contribution is 5.99. The van der Waals surface area contributed by atoms with Gasteiger partial charge >= 0.3 is 0 Å². The molecule has 1 heterocycles. The van der Waals surface area contributed by atoms with Crippen molar-refractivity contribution in [2.24, 2.45) is 5.92 Å². The standard InChI is InChI=1S/C23H26N2O3/c26-22(9-5-15-28-20-7-2-1-3-8-20)24-19-13-12-17-6-4-14-25(21(17)16-19)23(27)18-10-11-18/h1-3,7-8,12-13,16,18H,4-6,9-11,14-15H2,(H,24,26). The van der Waals surface area contributed by atoms with Crippen LogP contribution in [0.5, 0.6) is 5.75 Å². The molecule has 1 fully saturated rings. The van der Waals surface area contributed by atoms with Gasteiger partial charge in [-0.2, -0.15) is 0 Å². The fourth-order valence-electron chi connectivity index (χ4n) is 3.59. The fraction of sp³-hybridized carbons (Fsp3) is 0.391. The van der Waals surface area contributed by atoms with Crippen LogP contribution < -0.4 is 15.0 Å². The Labute approximate surface area is 165 Å². The predicted octanol–water partition coefficient (Wildman–Crippen LogP) is 4.17. The Morgan fingerprint density at radius 3 is 2.71 bits per heavy atom. The molecule has 0 aromatic heterocycles. The van der Waals surface area contributed by atoms with Crippen LogP contribution in [-0.4, -0.2) is 25.0 Å². The van der Waals surface area contributed by atoms with Crippen molar-refractivity contribution in [3.8, 4) is 5.75 Å². The summed E-state index contributed by atoms with van der Waals surface area (Å²) in [5.41, 5.74) is 2.91. The minimum absolute atomic E-state index is 0.0347. The molecule has 0 bridgehead atoms. The van der Waals surface area contributed by atoms with E-state index in [1.165, 1.54) is 5.56 Å². The second-order valence-corrected chi connectivity index (χ2v) is 7.52. The van der Waals surface area contributed by atoms with Gasteiger partial charge in [-0.15, -0.1) is 0 Å². The monoisotopic (exact) mass is 378 g/mol. The minimum atomic E-state index is -0.0347. The summed E-state index contributed by atoms with van der Waals surface area (Å²) in [4.78, 5) is 26.8. The quantitative estimate of drug-likeness (QED) is 0.736. The summed E-state index contributed by atoms with van der Waals surface area (Å²) in [6.07, 6.45) is 5.04. The molecule has 0 spiro atoms. The molecule has 1 saturated carbocycles. The number of carbonyl (C=O) groups is 2. The number of carbonyl (C=O) groups excluding carboxylic acids is 2. The maximum atomic E-state index is 12.6. The number of rotatable bonds is 7. The second-order valence-electron chi connectivity index (χ2n) is 7.52. The van der Waals surface area contributed by atoms with Crippen LogP contribution in [0.1, 0.15) is 37.7 Å². The maximum absolute atomic E-state index is 12.6. The number of hydrogen-bond donors (Lipinski definition) is 1. The number of anilines is 2. The molecule has 1 aliphatic carbocycles. The lowest BCUT2D eigenvalue weighted by Crippen LogP contribution is -2.36. The molecule has 4 rings (SSSR count). The highest BCUT2D eigenvalue weighted by atomic mass is 16.5. The van der Waals surface area contributed by atoms with Crippen LogP contribution in [0.25, 0.3) is 0 Å². The molecule has 1 N–H and O–H groups in total. The van der Waals surface area contributed by atoms with Crippen LogP contribution in [-0.2, 0) is 16.0 Å². The third-order valence-electron chi connectivity index (χ3n) is 5.24. The third kappa shape index (κ3) is 4.53.